The third kappa shape index (κ3) is 1.36. The van der Waals surface area contributed by atoms with Crippen LogP contribution in [0.2, 0.25) is 0 Å². The highest BCUT2D eigenvalue weighted by Crippen LogP contribution is 2.23. The molecule has 0 radical (unpaired) electrons. The minimum atomic E-state index is 0.300. The summed E-state index contributed by atoms with van der Waals surface area (Å²) in [6.45, 7) is 3.45. The number of phenolic OH excluding ortho intramolecular Hbond substituents is 1. The van der Waals surface area contributed by atoms with Crippen LogP contribution >= 0.6 is 0 Å². The average Bonchev–Trinajstić information content (AvgIpc) is 2.45. The molecule has 2 rings (SSSR count). The lowest BCUT2D eigenvalue weighted by Gasteiger charge is -2.05. The van der Waals surface area contributed by atoms with Crippen molar-refractivity contribution in [3.05, 3.63) is 30.0 Å². The number of hydrogen-bond acceptors (Lipinski definition) is 2. The van der Waals surface area contributed by atoms with Gasteiger partial charge in [0, 0.05) is 30.2 Å². The monoisotopic (exact) mass is 190 g/mol. The summed E-state index contributed by atoms with van der Waals surface area (Å²) in [6, 6.07) is 7.50. The zero-order valence-corrected chi connectivity index (χ0v) is 8.20. The number of hydrogen-bond donors (Lipinski definition) is 2. The van der Waals surface area contributed by atoms with Crippen LogP contribution in [0.1, 0.15) is 5.69 Å². The van der Waals surface area contributed by atoms with Gasteiger partial charge in [-0.1, -0.05) is 0 Å². The molecule has 1 heterocycles. The molecule has 3 heteroatoms. The predicted octanol–water partition coefficient (Wildman–Crippen LogP) is 1.61. The van der Waals surface area contributed by atoms with Crippen molar-refractivity contribution in [1.82, 2.24) is 4.57 Å². The van der Waals surface area contributed by atoms with Crippen LogP contribution in [0, 0.1) is 6.92 Å². The number of fused-ring (bicyclic) bond motifs is 1. The van der Waals surface area contributed by atoms with Crippen LogP contribution in [0.4, 0.5) is 0 Å². The molecule has 0 saturated heterocycles. The van der Waals surface area contributed by atoms with Crippen molar-refractivity contribution < 1.29 is 5.11 Å². The van der Waals surface area contributed by atoms with Crippen molar-refractivity contribution in [3.8, 4) is 5.75 Å². The van der Waals surface area contributed by atoms with E-state index in [1.54, 1.807) is 12.1 Å². The van der Waals surface area contributed by atoms with E-state index in [1.165, 1.54) is 5.69 Å². The molecule has 0 aliphatic carbocycles. The van der Waals surface area contributed by atoms with E-state index in [2.05, 4.69) is 10.6 Å². The number of rotatable bonds is 2. The van der Waals surface area contributed by atoms with Crippen LogP contribution in [0.15, 0.2) is 24.3 Å². The van der Waals surface area contributed by atoms with Crippen LogP contribution in [0.3, 0.4) is 0 Å². The molecule has 3 nitrogen and oxygen atoms in total. The van der Waals surface area contributed by atoms with Crippen molar-refractivity contribution >= 4 is 10.9 Å². The van der Waals surface area contributed by atoms with Gasteiger partial charge in [-0.15, -0.1) is 0 Å². The van der Waals surface area contributed by atoms with Gasteiger partial charge in [0.1, 0.15) is 5.75 Å². The van der Waals surface area contributed by atoms with Gasteiger partial charge < -0.3 is 15.4 Å². The molecule has 14 heavy (non-hydrogen) atoms. The first-order valence-corrected chi connectivity index (χ1v) is 4.71. The molecule has 0 aliphatic rings. The van der Waals surface area contributed by atoms with E-state index < -0.39 is 0 Å². The third-order valence-electron chi connectivity index (χ3n) is 2.45. The van der Waals surface area contributed by atoms with E-state index in [-0.39, 0.29) is 0 Å². The van der Waals surface area contributed by atoms with E-state index in [9.17, 15) is 5.11 Å². The first kappa shape index (κ1) is 9.09. The SMILES string of the molecule is Cc1cc2ccc(O)cc2n1CCN. The van der Waals surface area contributed by atoms with Gasteiger partial charge in [0.15, 0.2) is 0 Å². The molecule has 0 unspecified atom stereocenters. The Morgan fingerprint density at radius 1 is 1.36 bits per heavy atom. The number of aromatic hydroxyl groups is 1. The standard InChI is InChI=1S/C11H14N2O/c1-8-6-9-2-3-10(14)7-11(9)13(8)5-4-12/h2-3,6-7,14H,4-5,12H2,1H3. The van der Waals surface area contributed by atoms with Crippen molar-refractivity contribution in [2.45, 2.75) is 13.5 Å². The highest BCUT2D eigenvalue weighted by atomic mass is 16.3. The molecule has 2 aromatic rings. The summed E-state index contributed by atoms with van der Waals surface area (Å²) in [5.74, 6) is 0.300. The maximum atomic E-state index is 9.39. The van der Waals surface area contributed by atoms with Gasteiger partial charge in [0.25, 0.3) is 0 Å². The number of aryl methyl sites for hydroxylation is 1. The van der Waals surface area contributed by atoms with E-state index in [4.69, 9.17) is 5.73 Å². The Bertz CT molecular complexity index is 460. The Hall–Kier alpha value is -1.48. The summed E-state index contributed by atoms with van der Waals surface area (Å²) in [5, 5.41) is 10.5. The van der Waals surface area contributed by atoms with E-state index in [0.717, 1.165) is 17.4 Å². The number of nitrogens with zero attached hydrogens (tertiary/aromatic N) is 1. The zero-order chi connectivity index (χ0) is 10.1. The summed E-state index contributed by atoms with van der Waals surface area (Å²) < 4.78 is 2.12. The maximum Gasteiger partial charge on any atom is 0.117 e. The second kappa shape index (κ2) is 3.35. The van der Waals surface area contributed by atoms with Crippen molar-refractivity contribution in [2.75, 3.05) is 6.54 Å². The molecular weight excluding hydrogens is 176 g/mol. The van der Waals surface area contributed by atoms with Gasteiger partial charge in [0.05, 0.1) is 5.52 Å². The Labute approximate surface area is 82.8 Å². The molecule has 1 aromatic heterocycles. The fourth-order valence-electron chi connectivity index (χ4n) is 1.81. The molecule has 1 aromatic carbocycles. The summed E-state index contributed by atoms with van der Waals surface area (Å²) in [7, 11) is 0. The number of aromatic nitrogens is 1. The highest BCUT2D eigenvalue weighted by molar-refractivity contribution is 5.82. The Morgan fingerprint density at radius 3 is 2.86 bits per heavy atom. The van der Waals surface area contributed by atoms with Crippen molar-refractivity contribution in [2.24, 2.45) is 5.73 Å². The molecule has 0 fully saturated rings. The third-order valence-corrected chi connectivity index (χ3v) is 2.45. The summed E-state index contributed by atoms with van der Waals surface area (Å²) in [6.07, 6.45) is 0. The van der Waals surface area contributed by atoms with Crippen LogP contribution in [0.25, 0.3) is 10.9 Å². The molecular formula is C11H14N2O. The lowest BCUT2D eigenvalue weighted by molar-refractivity contribution is 0.476. The van der Waals surface area contributed by atoms with Crippen LogP contribution in [-0.4, -0.2) is 16.2 Å². The second-order valence-electron chi connectivity index (χ2n) is 3.47. The Kier molecular flexibility index (Phi) is 2.17. The van der Waals surface area contributed by atoms with Gasteiger partial charge in [-0.2, -0.15) is 0 Å². The van der Waals surface area contributed by atoms with E-state index in [1.807, 2.05) is 13.0 Å². The summed E-state index contributed by atoms with van der Waals surface area (Å²) >= 11 is 0. The van der Waals surface area contributed by atoms with E-state index >= 15 is 0 Å². The van der Waals surface area contributed by atoms with Crippen LogP contribution < -0.4 is 5.73 Å². The second-order valence-corrected chi connectivity index (χ2v) is 3.47. The highest BCUT2D eigenvalue weighted by Gasteiger charge is 2.04. The first-order chi connectivity index (χ1) is 6.72. The normalized spacial score (nSPS) is 11.0. The lowest BCUT2D eigenvalue weighted by Crippen LogP contribution is -2.10. The minimum Gasteiger partial charge on any atom is -0.508 e. The van der Waals surface area contributed by atoms with Crippen LogP contribution in [0.5, 0.6) is 5.75 Å². The predicted molar refractivity (Wildman–Crippen MR) is 57.4 cm³/mol. The number of phenols is 1. The Balaban J connectivity index is 2.66. The Morgan fingerprint density at radius 2 is 2.14 bits per heavy atom. The molecule has 0 saturated carbocycles. The van der Waals surface area contributed by atoms with Crippen molar-refractivity contribution in [3.63, 3.8) is 0 Å². The maximum absolute atomic E-state index is 9.39. The topological polar surface area (TPSA) is 51.2 Å². The van der Waals surface area contributed by atoms with Gasteiger partial charge in [-0.25, -0.2) is 0 Å². The quantitative estimate of drug-likeness (QED) is 0.756. The zero-order valence-electron chi connectivity index (χ0n) is 8.20. The fraction of sp³-hybridized carbons (Fsp3) is 0.273. The molecule has 0 bridgehead atoms. The summed E-state index contributed by atoms with van der Waals surface area (Å²) in [5.41, 5.74) is 7.76. The summed E-state index contributed by atoms with van der Waals surface area (Å²) in [4.78, 5) is 0. The number of benzene rings is 1. The lowest BCUT2D eigenvalue weighted by atomic mass is 10.2. The van der Waals surface area contributed by atoms with Crippen molar-refractivity contribution in [1.29, 1.82) is 0 Å². The smallest absolute Gasteiger partial charge is 0.117 e. The van der Waals surface area contributed by atoms with Gasteiger partial charge in [-0.05, 0) is 25.1 Å². The molecule has 3 N–H and O–H groups in total. The van der Waals surface area contributed by atoms with E-state index in [0.29, 0.717) is 12.3 Å². The molecule has 0 amide bonds. The molecule has 0 aliphatic heterocycles. The largest absolute Gasteiger partial charge is 0.508 e. The first-order valence-electron chi connectivity index (χ1n) is 4.71. The van der Waals surface area contributed by atoms with Crippen LogP contribution in [-0.2, 0) is 6.54 Å². The van der Waals surface area contributed by atoms with Gasteiger partial charge in [0.2, 0.25) is 0 Å². The molecule has 0 atom stereocenters. The number of nitrogens with two attached hydrogens (primary N) is 1. The molecule has 0 spiro atoms. The average molecular weight is 190 g/mol. The molecule has 74 valence electrons. The fourth-order valence-corrected chi connectivity index (χ4v) is 1.81. The van der Waals surface area contributed by atoms with Gasteiger partial charge in [-0.3, -0.25) is 0 Å². The minimum absolute atomic E-state index is 0.300. The van der Waals surface area contributed by atoms with Gasteiger partial charge >= 0.3 is 0 Å².